The number of ether oxygens (including phenoxy) is 1. The maximum Gasteiger partial charge on any atom is 0.314 e. The lowest BCUT2D eigenvalue weighted by Crippen LogP contribution is -2.12. The zero-order chi connectivity index (χ0) is 15.6. The second kappa shape index (κ2) is 5.44. The van der Waals surface area contributed by atoms with E-state index >= 15 is 0 Å². The van der Waals surface area contributed by atoms with Crippen LogP contribution in [0.3, 0.4) is 0 Å². The van der Waals surface area contributed by atoms with Crippen LogP contribution in [0, 0.1) is 10.1 Å². The summed E-state index contributed by atoms with van der Waals surface area (Å²) < 4.78 is 5.64. The minimum Gasteiger partial charge on any atom is -0.502 e. The van der Waals surface area contributed by atoms with Crippen LogP contribution < -0.4 is 4.74 Å². The molecule has 0 radical (unpaired) electrons. The third-order valence-electron chi connectivity index (χ3n) is 3.05. The number of hydrogen-bond acceptors (Lipinski definition) is 4. The van der Waals surface area contributed by atoms with Gasteiger partial charge in [-0.1, -0.05) is 39.0 Å². The average Bonchev–Trinajstić information content (AvgIpc) is 2.40. The molecule has 0 heterocycles. The van der Waals surface area contributed by atoms with Crippen molar-refractivity contribution in [3.05, 3.63) is 58.1 Å². The number of rotatable bonds is 3. The summed E-state index contributed by atoms with van der Waals surface area (Å²) in [7, 11) is 0. The smallest absolute Gasteiger partial charge is 0.314 e. The van der Waals surface area contributed by atoms with Crippen LogP contribution in [0.1, 0.15) is 26.3 Å². The quantitative estimate of drug-likeness (QED) is 0.671. The van der Waals surface area contributed by atoms with Gasteiger partial charge in [-0.05, 0) is 23.6 Å². The highest BCUT2D eigenvalue weighted by Crippen LogP contribution is 2.41. The van der Waals surface area contributed by atoms with Gasteiger partial charge in [-0.15, -0.1) is 0 Å². The van der Waals surface area contributed by atoms with Gasteiger partial charge in [0.25, 0.3) is 0 Å². The molecule has 5 heteroatoms. The van der Waals surface area contributed by atoms with Gasteiger partial charge < -0.3 is 9.84 Å². The van der Waals surface area contributed by atoms with Gasteiger partial charge in [0.15, 0.2) is 5.75 Å². The topological polar surface area (TPSA) is 72.6 Å². The zero-order valence-electron chi connectivity index (χ0n) is 12.2. The molecule has 0 atom stereocenters. The van der Waals surface area contributed by atoms with Crippen molar-refractivity contribution >= 4 is 5.69 Å². The van der Waals surface area contributed by atoms with Gasteiger partial charge in [0, 0.05) is 5.56 Å². The first-order valence-corrected chi connectivity index (χ1v) is 6.54. The van der Waals surface area contributed by atoms with Crippen LogP contribution >= 0.6 is 0 Å². The first-order chi connectivity index (χ1) is 9.79. The second-order valence-corrected chi connectivity index (χ2v) is 5.76. The molecule has 2 aromatic carbocycles. The molecule has 2 rings (SSSR count). The fourth-order valence-corrected chi connectivity index (χ4v) is 1.99. The van der Waals surface area contributed by atoms with E-state index in [1.54, 1.807) is 18.2 Å². The second-order valence-electron chi connectivity index (χ2n) is 5.76. The SMILES string of the molecule is CC(C)(C)c1cc(Oc2ccccc2)cc([N+](=O)[O-])c1O. The van der Waals surface area contributed by atoms with Crippen molar-refractivity contribution in [1.82, 2.24) is 0 Å². The molecule has 110 valence electrons. The molecule has 0 amide bonds. The summed E-state index contributed by atoms with van der Waals surface area (Å²) in [6.45, 7) is 5.62. The average molecular weight is 287 g/mol. The van der Waals surface area contributed by atoms with Crippen LogP contribution in [0.4, 0.5) is 5.69 Å². The number of para-hydroxylation sites is 1. The molecule has 0 unspecified atom stereocenters. The lowest BCUT2D eigenvalue weighted by atomic mass is 9.86. The summed E-state index contributed by atoms with van der Waals surface area (Å²) in [6, 6.07) is 11.9. The summed E-state index contributed by atoms with van der Waals surface area (Å²) in [5.74, 6) is 0.598. The molecule has 0 fully saturated rings. The monoisotopic (exact) mass is 287 g/mol. The molecule has 0 aliphatic rings. The number of benzene rings is 2. The van der Waals surface area contributed by atoms with E-state index in [0.29, 0.717) is 17.1 Å². The van der Waals surface area contributed by atoms with Crippen LogP contribution in [0.5, 0.6) is 17.2 Å². The Bertz CT molecular complexity index is 660. The highest BCUT2D eigenvalue weighted by Gasteiger charge is 2.27. The molecule has 0 saturated carbocycles. The molecule has 21 heavy (non-hydrogen) atoms. The van der Waals surface area contributed by atoms with Gasteiger partial charge in [0.05, 0.1) is 11.0 Å². The van der Waals surface area contributed by atoms with Crippen molar-refractivity contribution in [2.24, 2.45) is 0 Å². The van der Waals surface area contributed by atoms with E-state index in [1.165, 1.54) is 6.07 Å². The Labute approximate surface area is 123 Å². The fourth-order valence-electron chi connectivity index (χ4n) is 1.99. The summed E-state index contributed by atoms with van der Waals surface area (Å²) >= 11 is 0. The predicted octanol–water partition coefficient (Wildman–Crippen LogP) is 4.39. The number of nitrogens with zero attached hydrogens (tertiary/aromatic N) is 1. The van der Waals surface area contributed by atoms with Gasteiger partial charge in [-0.25, -0.2) is 0 Å². The van der Waals surface area contributed by atoms with Crippen molar-refractivity contribution in [2.45, 2.75) is 26.2 Å². The first kappa shape index (κ1) is 14.8. The third kappa shape index (κ3) is 3.31. The molecule has 0 saturated heterocycles. The number of phenolic OH excluding ortho intramolecular Hbond substituents is 1. The number of nitro groups is 1. The largest absolute Gasteiger partial charge is 0.502 e. The molecule has 0 aliphatic carbocycles. The Morgan fingerprint density at radius 3 is 2.24 bits per heavy atom. The van der Waals surface area contributed by atoms with Gasteiger partial charge in [0.1, 0.15) is 11.5 Å². The van der Waals surface area contributed by atoms with Gasteiger partial charge in [-0.2, -0.15) is 0 Å². The molecule has 5 nitrogen and oxygen atoms in total. The van der Waals surface area contributed by atoms with E-state index in [4.69, 9.17) is 4.74 Å². The Morgan fingerprint density at radius 2 is 1.71 bits per heavy atom. The summed E-state index contributed by atoms with van der Waals surface area (Å²) in [6.07, 6.45) is 0. The van der Waals surface area contributed by atoms with Crippen LogP contribution in [0.2, 0.25) is 0 Å². The third-order valence-corrected chi connectivity index (χ3v) is 3.05. The molecule has 0 bridgehead atoms. The lowest BCUT2D eigenvalue weighted by molar-refractivity contribution is -0.386. The van der Waals surface area contributed by atoms with E-state index in [-0.39, 0.29) is 11.4 Å². The van der Waals surface area contributed by atoms with Gasteiger partial charge in [0.2, 0.25) is 0 Å². The Hall–Kier alpha value is -2.56. The predicted molar refractivity (Wildman–Crippen MR) is 80.0 cm³/mol. The number of aromatic hydroxyl groups is 1. The van der Waals surface area contributed by atoms with Gasteiger partial charge >= 0.3 is 5.69 Å². The van der Waals surface area contributed by atoms with Crippen LogP contribution in [0.15, 0.2) is 42.5 Å². The summed E-state index contributed by atoms with van der Waals surface area (Å²) in [5, 5.41) is 21.2. The van der Waals surface area contributed by atoms with Crippen molar-refractivity contribution in [2.75, 3.05) is 0 Å². The Kier molecular flexibility index (Phi) is 3.84. The normalized spacial score (nSPS) is 11.2. The molecule has 0 aliphatic heterocycles. The number of nitro benzene ring substituents is 1. The minimum absolute atomic E-state index is 0.312. The van der Waals surface area contributed by atoms with Crippen molar-refractivity contribution in [3.63, 3.8) is 0 Å². The maximum absolute atomic E-state index is 11.1. The van der Waals surface area contributed by atoms with Crippen molar-refractivity contribution in [1.29, 1.82) is 0 Å². The number of hydrogen-bond donors (Lipinski definition) is 1. The van der Waals surface area contributed by atoms with E-state index < -0.39 is 10.3 Å². The molecular formula is C16H17NO4. The molecular weight excluding hydrogens is 270 g/mol. The zero-order valence-corrected chi connectivity index (χ0v) is 12.2. The Balaban J connectivity index is 2.52. The van der Waals surface area contributed by atoms with Crippen molar-refractivity contribution in [3.8, 4) is 17.2 Å². The summed E-state index contributed by atoms with van der Waals surface area (Å²) in [5.41, 5.74) is -0.318. The van der Waals surface area contributed by atoms with E-state index in [9.17, 15) is 15.2 Å². The molecule has 0 spiro atoms. The van der Waals surface area contributed by atoms with Crippen LogP contribution in [0.25, 0.3) is 0 Å². The molecule has 2 aromatic rings. The van der Waals surface area contributed by atoms with Crippen molar-refractivity contribution < 1.29 is 14.8 Å². The lowest BCUT2D eigenvalue weighted by Gasteiger charge is -2.21. The fraction of sp³-hybridized carbons (Fsp3) is 0.250. The van der Waals surface area contributed by atoms with Crippen LogP contribution in [-0.2, 0) is 5.41 Å². The standard InChI is InChI=1S/C16H17NO4/c1-16(2,3)13-9-12(10-14(15(13)18)17(19)20)21-11-7-5-4-6-8-11/h4-10,18H,1-3H3. The maximum atomic E-state index is 11.1. The molecule has 0 aromatic heterocycles. The highest BCUT2D eigenvalue weighted by atomic mass is 16.6. The van der Waals surface area contributed by atoms with Gasteiger partial charge in [-0.3, -0.25) is 10.1 Å². The Morgan fingerprint density at radius 1 is 1.10 bits per heavy atom. The van der Waals surface area contributed by atoms with E-state index in [0.717, 1.165) is 0 Å². The highest BCUT2D eigenvalue weighted by molar-refractivity contribution is 5.58. The van der Waals surface area contributed by atoms with E-state index in [1.807, 2.05) is 39.0 Å². The summed E-state index contributed by atoms with van der Waals surface area (Å²) in [4.78, 5) is 10.5. The first-order valence-electron chi connectivity index (χ1n) is 6.54. The van der Waals surface area contributed by atoms with E-state index in [2.05, 4.69) is 0 Å². The number of phenols is 1. The minimum atomic E-state index is -0.609. The van der Waals surface area contributed by atoms with Crippen LogP contribution in [-0.4, -0.2) is 10.0 Å². The molecule has 1 N–H and O–H groups in total.